The average molecular weight is 585 g/mol. The van der Waals surface area contributed by atoms with Gasteiger partial charge in [-0.2, -0.15) is 8.42 Å². The number of benzene rings is 2. The summed E-state index contributed by atoms with van der Waals surface area (Å²) in [5.74, 6) is -0.161. The minimum atomic E-state index is -4.04. The van der Waals surface area contributed by atoms with E-state index in [9.17, 15) is 13.2 Å². The Hall–Kier alpha value is -1.87. The zero-order valence-corrected chi connectivity index (χ0v) is 21.5. The molecule has 2 aromatic carbocycles. The van der Waals surface area contributed by atoms with Gasteiger partial charge in [-0.05, 0) is 89.0 Å². The Kier molecular flexibility index (Phi) is 7.15. The van der Waals surface area contributed by atoms with E-state index >= 15 is 0 Å². The first-order valence-electron chi connectivity index (χ1n) is 9.05. The molecule has 0 saturated heterocycles. The molecule has 0 saturated carbocycles. The van der Waals surface area contributed by atoms with Crippen molar-refractivity contribution in [3.05, 3.63) is 84.8 Å². The van der Waals surface area contributed by atoms with Gasteiger partial charge in [-0.15, -0.1) is 4.40 Å². The van der Waals surface area contributed by atoms with Gasteiger partial charge in [0.1, 0.15) is 0 Å². The topological polar surface area (TPSA) is 75.9 Å². The maximum atomic E-state index is 13.0. The molecule has 0 aromatic heterocycles. The SMILES string of the molecule is CC1=C(Br)C(=N/C(=N/S(=O)(=O)c2ccc(C)cc2)c2ccc(Cl)cc2)C(Br)=C(C)C1=O. The number of allylic oxidation sites excluding steroid dienone is 4. The molecule has 0 fully saturated rings. The molecule has 0 atom stereocenters. The molecule has 1 aliphatic carbocycles. The Labute approximate surface area is 203 Å². The van der Waals surface area contributed by atoms with Crippen LogP contribution in [0.4, 0.5) is 0 Å². The summed E-state index contributed by atoms with van der Waals surface area (Å²) in [6.07, 6.45) is 0. The number of carbonyl (C=O) groups excluding carboxylic acids is 1. The van der Waals surface area contributed by atoms with Crippen LogP contribution in [-0.4, -0.2) is 25.7 Å². The standard InChI is InChI=1S/C22H17Br2ClN2O3S/c1-12-4-10-17(11-5-12)31(29,30)27-22(15-6-8-16(25)9-7-15)26-20-18(23)13(2)21(28)14(3)19(20)24/h4-11H,1-3H3/b27-22+. The van der Waals surface area contributed by atoms with Gasteiger partial charge in [-0.3, -0.25) is 4.79 Å². The number of aliphatic imine (C=N–C) groups is 1. The highest BCUT2D eigenvalue weighted by Crippen LogP contribution is 2.32. The van der Waals surface area contributed by atoms with E-state index in [1.165, 1.54) is 12.1 Å². The molecule has 9 heteroatoms. The summed E-state index contributed by atoms with van der Waals surface area (Å²) in [6.45, 7) is 5.22. The van der Waals surface area contributed by atoms with E-state index in [4.69, 9.17) is 11.6 Å². The number of ketones is 1. The third kappa shape index (κ3) is 5.14. The summed E-state index contributed by atoms with van der Waals surface area (Å²) in [4.78, 5) is 17.0. The van der Waals surface area contributed by atoms with Crippen molar-refractivity contribution in [2.75, 3.05) is 0 Å². The van der Waals surface area contributed by atoms with Gasteiger partial charge in [0.15, 0.2) is 11.6 Å². The molecule has 0 amide bonds. The maximum absolute atomic E-state index is 13.0. The number of halogens is 3. The van der Waals surface area contributed by atoms with Gasteiger partial charge in [0.05, 0.1) is 19.6 Å². The van der Waals surface area contributed by atoms with Gasteiger partial charge in [0.2, 0.25) is 0 Å². The largest absolute Gasteiger partial charge is 0.289 e. The van der Waals surface area contributed by atoms with E-state index in [1.54, 1.807) is 50.2 Å². The fraction of sp³-hybridized carbons (Fsp3) is 0.136. The van der Waals surface area contributed by atoms with Crippen LogP contribution >= 0.6 is 43.5 Å². The minimum Gasteiger partial charge on any atom is -0.289 e. The second kappa shape index (κ2) is 9.32. The van der Waals surface area contributed by atoms with Crippen LogP contribution in [0.5, 0.6) is 0 Å². The second-order valence-corrected chi connectivity index (χ2v) is 10.5. The van der Waals surface area contributed by atoms with Crippen molar-refractivity contribution in [2.24, 2.45) is 9.39 Å². The third-order valence-corrected chi connectivity index (χ3v) is 8.07. The monoisotopic (exact) mass is 582 g/mol. The lowest BCUT2D eigenvalue weighted by Gasteiger charge is -2.17. The van der Waals surface area contributed by atoms with Crippen molar-refractivity contribution < 1.29 is 13.2 Å². The number of aryl methyl sites for hydroxylation is 1. The van der Waals surface area contributed by atoms with Crippen molar-refractivity contribution in [3.63, 3.8) is 0 Å². The molecule has 0 unspecified atom stereocenters. The molecule has 0 bridgehead atoms. The number of rotatable bonds is 3. The lowest BCUT2D eigenvalue weighted by Crippen LogP contribution is -2.19. The zero-order valence-electron chi connectivity index (χ0n) is 16.8. The number of nitrogens with zero attached hydrogens (tertiary/aromatic N) is 2. The normalized spacial score (nSPS) is 15.6. The maximum Gasteiger partial charge on any atom is 0.284 e. The van der Waals surface area contributed by atoms with E-state index in [0.29, 0.717) is 36.4 Å². The van der Waals surface area contributed by atoms with Gasteiger partial charge >= 0.3 is 0 Å². The van der Waals surface area contributed by atoms with Crippen molar-refractivity contribution in [1.82, 2.24) is 0 Å². The number of hydrogen-bond donors (Lipinski definition) is 0. The first-order valence-corrected chi connectivity index (χ1v) is 12.5. The number of hydrogen-bond acceptors (Lipinski definition) is 3. The van der Waals surface area contributed by atoms with Crippen molar-refractivity contribution >= 4 is 70.8 Å². The van der Waals surface area contributed by atoms with Crippen molar-refractivity contribution in [3.8, 4) is 0 Å². The van der Waals surface area contributed by atoms with Crippen molar-refractivity contribution in [2.45, 2.75) is 25.7 Å². The summed E-state index contributed by atoms with van der Waals surface area (Å²) >= 11 is 12.8. The summed E-state index contributed by atoms with van der Waals surface area (Å²) in [5, 5.41) is 0.495. The van der Waals surface area contributed by atoms with Crippen LogP contribution in [0, 0.1) is 6.92 Å². The van der Waals surface area contributed by atoms with Crippen LogP contribution in [-0.2, 0) is 14.8 Å². The Balaban J connectivity index is 2.24. The zero-order chi connectivity index (χ0) is 22.9. The molecule has 0 heterocycles. The number of Topliss-reactive ketones (excluding diaryl/α,β-unsaturated/α-hetero) is 1. The van der Waals surface area contributed by atoms with Gasteiger partial charge in [0.25, 0.3) is 10.0 Å². The smallest absolute Gasteiger partial charge is 0.284 e. The summed E-state index contributed by atoms with van der Waals surface area (Å²) < 4.78 is 30.9. The first kappa shape index (κ1) is 23.8. The Bertz CT molecular complexity index is 1260. The first-order chi connectivity index (χ1) is 14.5. The highest BCUT2D eigenvalue weighted by Gasteiger charge is 2.27. The molecule has 160 valence electrons. The molecular formula is C22H17Br2ClN2O3S. The molecule has 31 heavy (non-hydrogen) atoms. The fourth-order valence-electron chi connectivity index (χ4n) is 2.75. The fourth-order valence-corrected chi connectivity index (χ4v) is 5.03. The molecule has 5 nitrogen and oxygen atoms in total. The van der Waals surface area contributed by atoms with Crippen LogP contribution in [0.2, 0.25) is 5.02 Å². The van der Waals surface area contributed by atoms with Crippen LogP contribution in [0.1, 0.15) is 25.0 Å². The summed E-state index contributed by atoms with van der Waals surface area (Å²) in [6, 6.07) is 12.9. The molecule has 0 N–H and O–H groups in total. The Morgan fingerprint density at radius 1 is 0.871 bits per heavy atom. The predicted octanol–water partition coefficient (Wildman–Crippen LogP) is 6.15. The second-order valence-electron chi connectivity index (χ2n) is 6.88. The summed E-state index contributed by atoms with van der Waals surface area (Å²) in [5.41, 5.74) is 2.71. The highest BCUT2D eigenvalue weighted by atomic mass is 79.9. The van der Waals surface area contributed by atoms with Crippen LogP contribution in [0.25, 0.3) is 0 Å². The Morgan fingerprint density at radius 3 is 1.90 bits per heavy atom. The van der Waals surface area contributed by atoms with Gasteiger partial charge < -0.3 is 0 Å². The van der Waals surface area contributed by atoms with Crippen molar-refractivity contribution in [1.29, 1.82) is 0 Å². The molecule has 3 rings (SSSR count). The van der Waals surface area contributed by atoms with E-state index < -0.39 is 10.0 Å². The third-order valence-electron chi connectivity index (χ3n) is 4.60. The number of carbonyl (C=O) groups is 1. The predicted molar refractivity (Wildman–Crippen MR) is 132 cm³/mol. The molecule has 0 aliphatic heterocycles. The highest BCUT2D eigenvalue weighted by molar-refractivity contribution is 9.13. The van der Waals surface area contributed by atoms with E-state index in [-0.39, 0.29) is 16.5 Å². The van der Waals surface area contributed by atoms with Gasteiger partial charge in [-0.25, -0.2) is 4.99 Å². The van der Waals surface area contributed by atoms with Crippen LogP contribution < -0.4 is 0 Å². The minimum absolute atomic E-state index is 0.0314. The van der Waals surface area contributed by atoms with Gasteiger partial charge in [-0.1, -0.05) is 29.3 Å². The van der Waals surface area contributed by atoms with E-state index in [2.05, 4.69) is 41.3 Å². The molecule has 0 spiro atoms. The molecule has 1 aliphatic rings. The molecular weight excluding hydrogens is 568 g/mol. The number of amidine groups is 1. The lowest BCUT2D eigenvalue weighted by molar-refractivity contribution is -0.112. The van der Waals surface area contributed by atoms with E-state index in [1.807, 2.05) is 6.92 Å². The average Bonchev–Trinajstić information content (AvgIpc) is 2.74. The van der Waals surface area contributed by atoms with Gasteiger partial charge in [0, 0.05) is 21.7 Å². The lowest BCUT2D eigenvalue weighted by atomic mass is 9.98. The number of sulfonamides is 1. The van der Waals surface area contributed by atoms with Crippen LogP contribution in [0.3, 0.4) is 0 Å². The summed E-state index contributed by atoms with van der Waals surface area (Å²) in [7, 11) is -4.04. The Morgan fingerprint density at radius 2 is 1.39 bits per heavy atom. The molecule has 2 aromatic rings. The molecule has 0 radical (unpaired) electrons. The quantitative estimate of drug-likeness (QED) is 0.247. The van der Waals surface area contributed by atoms with E-state index in [0.717, 1.165) is 5.56 Å². The van der Waals surface area contributed by atoms with Crippen LogP contribution in [0.15, 0.2) is 82.9 Å².